The first-order chi connectivity index (χ1) is 14.4. The van der Waals surface area contributed by atoms with Crippen LogP contribution in [0.1, 0.15) is 41.7 Å². The van der Waals surface area contributed by atoms with Gasteiger partial charge in [0, 0.05) is 56.4 Å². The monoisotopic (exact) mass is 433 g/mol. The van der Waals surface area contributed by atoms with Gasteiger partial charge in [-0.05, 0) is 31.9 Å². The number of pyridine rings is 1. The number of aryl methyl sites for hydroxylation is 2. The van der Waals surface area contributed by atoms with Crippen molar-refractivity contribution in [2.24, 2.45) is 7.05 Å². The summed E-state index contributed by atoms with van der Waals surface area (Å²) in [6.07, 6.45) is 1.47. The largest absolute Gasteiger partial charge is 0.368 e. The minimum Gasteiger partial charge on any atom is -0.368 e. The van der Waals surface area contributed by atoms with Gasteiger partial charge in [-0.25, -0.2) is 18.7 Å². The number of anilines is 2. The van der Waals surface area contributed by atoms with E-state index >= 15 is 0 Å². The maximum atomic E-state index is 12.5. The van der Waals surface area contributed by atoms with Gasteiger partial charge in [-0.15, -0.1) is 21.5 Å². The Bertz CT molecular complexity index is 1010. The third-order valence-electron chi connectivity index (χ3n) is 5.51. The summed E-state index contributed by atoms with van der Waals surface area (Å²) in [5.74, 6) is 2.60. The Balaban J connectivity index is 1.52. The van der Waals surface area contributed by atoms with Gasteiger partial charge in [0.15, 0.2) is 0 Å². The minimum atomic E-state index is -2.31. The summed E-state index contributed by atoms with van der Waals surface area (Å²) in [5.41, 5.74) is 7.78. The van der Waals surface area contributed by atoms with Gasteiger partial charge in [0.2, 0.25) is 12.4 Å². The summed E-state index contributed by atoms with van der Waals surface area (Å²) in [7, 11) is 1.90. The van der Waals surface area contributed by atoms with Crippen LogP contribution in [0.15, 0.2) is 18.3 Å². The summed E-state index contributed by atoms with van der Waals surface area (Å²) in [6, 6.07) is 4.03. The van der Waals surface area contributed by atoms with Crippen LogP contribution in [0.25, 0.3) is 10.4 Å². The lowest BCUT2D eigenvalue weighted by atomic mass is 9.95. The van der Waals surface area contributed by atoms with E-state index in [1.807, 2.05) is 24.6 Å². The van der Waals surface area contributed by atoms with Crippen LogP contribution in [0.3, 0.4) is 0 Å². The van der Waals surface area contributed by atoms with Crippen molar-refractivity contribution in [3.63, 3.8) is 0 Å². The average Bonchev–Trinajstić information content (AvgIpc) is 3.34. The standard InChI is InChI=1S/C20H25F2N7S/c1-12-3-4-14(15-11-24-17(30-15)6-5-16(21)22)19(25-12)29-9-7-13(8-10-29)18-26-27-20(23)28(18)2/h3-4,11,13,16H,5-10H2,1-2H3,(H2,23,27). The predicted molar refractivity (Wildman–Crippen MR) is 114 cm³/mol. The second kappa shape index (κ2) is 8.63. The van der Waals surface area contributed by atoms with Crippen molar-refractivity contribution < 1.29 is 8.78 Å². The number of piperidine rings is 1. The van der Waals surface area contributed by atoms with Crippen molar-refractivity contribution in [2.45, 2.75) is 45.0 Å². The van der Waals surface area contributed by atoms with Gasteiger partial charge in [0.1, 0.15) is 11.6 Å². The van der Waals surface area contributed by atoms with Crippen LogP contribution >= 0.6 is 11.3 Å². The predicted octanol–water partition coefficient (Wildman–Crippen LogP) is 3.81. The van der Waals surface area contributed by atoms with E-state index in [-0.39, 0.29) is 6.42 Å². The van der Waals surface area contributed by atoms with E-state index in [0.717, 1.165) is 58.7 Å². The van der Waals surface area contributed by atoms with Gasteiger partial charge < -0.3 is 15.2 Å². The number of thiazole rings is 1. The molecule has 30 heavy (non-hydrogen) atoms. The molecule has 2 N–H and O–H groups in total. The van der Waals surface area contributed by atoms with Crippen molar-refractivity contribution >= 4 is 23.1 Å². The lowest BCUT2D eigenvalue weighted by Crippen LogP contribution is -2.34. The Kier molecular flexibility index (Phi) is 5.94. The number of hydrogen-bond acceptors (Lipinski definition) is 7. The Morgan fingerprint density at radius 3 is 2.67 bits per heavy atom. The third kappa shape index (κ3) is 4.28. The molecule has 0 radical (unpaired) electrons. The van der Waals surface area contributed by atoms with Gasteiger partial charge >= 0.3 is 0 Å². The number of halogens is 2. The van der Waals surface area contributed by atoms with E-state index < -0.39 is 6.43 Å². The van der Waals surface area contributed by atoms with Gasteiger partial charge in [-0.1, -0.05) is 0 Å². The highest BCUT2D eigenvalue weighted by Gasteiger charge is 2.27. The number of nitrogens with zero attached hydrogens (tertiary/aromatic N) is 6. The Labute approximate surface area is 178 Å². The fraction of sp³-hybridized carbons (Fsp3) is 0.500. The van der Waals surface area contributed by atoms with E-state index in [1.54, 1.807) is 6.20 Å². The summed E-state index contributed by atoms with van der Waals surface area (Å²) in [6.45, 7) is 3.67. The van der Waals surface area contributed by atoms with E-state index in [2.05, 4.69) is 26.1 Å². The molecule has 4 heterocycles. The average molecular weight is 434 g/mol. The molecule has 1 fully saturated rings. The molecule has 1 aliphatic heterocycles. The molecule has 1 aliphatic rings. The number of aromatic nitrogens is 5. The molecule has 0 bridgehead atoms. The number of nitrogen functional groups attached to an aromatic ring is 1. The van der Waals surface area contributed by atoms with Gasteiger partial charge in [0.05, 0.1) is 9.88 Å². The normalized spacial score (nSPS) is 15.3. The second-order valence-electron chi connectivity index (χ2n) is 7.61. The van der Waals surface area contributed by atoms with Crippen LogP contribution in [0, 0.1) is 6.92 Å². The smallest absolute Gasteiger partial charge is 0.239 e. The fourth-order valence-corrected chi connectivity index (χ4v) is 4.77. The van der Waals surface area contributed by atoms with E-state index in [9.17, 15) is 8.78 Å². The molecule has 4 rings (SSSR count). The van der Waals surface area contributed by atoms with Crippen molar-refractivity contribution in [3.8, 4) is 10.4 Å². The molecule has 0 aromatic carbocycles. The van der Waals surface area contributed by atoms with E-state index in [0.29, 0.717) is 18.3 Å². The van der Waals surface area contributed by atoms with Crippen LogP contribution in [-0.4, -0.2) is 44.2 Å². The molecule has 3 aromatic heterocycles. The molecule has 1 saturated heterocycles. The summed E-state index contributed by atoms with van der Waals surface area (Å²) < 4.78 is 26.9. The number of alkyl halides is 2. The molecule has 3 aromatic rings. The van der Waals surface area contributed by atoms with Crippen LogP contribution in [0.4, 0.5) is 20.5 Å². The molecular weight excluding hydrogens is 408 g/mol. The van der Waals surface area contributed by atoms with Crippen LogP contribution in [0.2, 0.25) is 0 Å². The second-order valence-corrected chi connectivity index (χ2v) is 8.72. The SMILES string of the molecule is Cc1ccc(-c2cnc(CCC(F)F)s2)c(N2CCC(c3nnc(N)n3C)CC2)n1. The summed E-state index contributed by atoms with van der Waals surface area (Å²) in [5, 5.41) is 8.95. The van der Waals surface area contributed by atoms with Crippen LogP contribution < -0.4 is 10.6 Å². The van der Waals surface area contributed by atoms with Crippen LogP contribution in [0.5, 0.6) is 0 Å². The molecular formula is C20H25F2N7S. The van der Waals surface area contributed by atoms with Crippen molar-refractivity contribution in [3.05, 3.63) is 34.9 Å². The van der Waals surface area contributed by atoms with E-state index in [4.69, 9.17) is 10.7 Å². The summed E-state index contributed by atoms with van der Waals surface area (Å²) in [4.78, 5) is 12.4. The lowest BCUT2D eigenvalue weighted by molar-refractivity contribution is 0.138. The Morgan fingerprint density at radius 1 is 1.23 bits per heavy atom. The van der Waals surface area contributed by atoms with Gasteiger partial charge in [0.25, 0.3) is 0 Å². The molecule has 0 saturated carbocycles. The molecule has 160 valence electrons. The van der Waals surface area contributed by atoms with Crippen molar-refractivity contribution in [1.29, 1.82) is 0 Å². The maximum absolute atomic E-state index is 12.5. The zero-order chi connectivity index (χ0) is 21.3. The Hall–Kier alpha value is -2.62. The minimum absolute atomic E-state index is 0.161. The first-order valence-corrected chi connectivity index (χ1v) is 10.8. The maximum Gasteiger partial charge on any atom is 0.239 e. The zero-order valence-corrected chi connectivity index (χ0v) is 17.9. The number of rotatable bonds is 6. The molecule has 0 unspecified atom stereocenters. The Morgan fingerprint density at radius 2 is 2.00 bits per heavy atom. The zero-order valence-electron chi connectivity index (χ0n) is 17.1. The first kappa shape index (κ1) is 20.6. The van der Waals surface area contributed by atoms with Gasteiger partial charge in [-0.2, -0.15) is 0 Å². The highest BCUT2D eigenvalue weighted by Crippen LogP contribution is 2.37. The first-order valence-electron chi connectivity index (χ1n) is 10.0. The van der Waals surface area contributed by atoms with Gasteiger partial charge in [-0.3, -0.25) is 0 Å². The van der Waals surface area contributed by atoms with Crippen molar-refractivity contribution in [1.82, 2.24) is 24.7 Å². The number of nitrogens with two attached hydrogens (primary N) is 1. The molecule has 0 atom stereocenters. The molecule has 10 heteroatoms. The topological polar surface area (TPSA) is 85.8 Å². The fourth-order valence-electron chi connectivity index (χ4n) is 3.82. The number of hydrogen-bond donors (Lipinski definition) is 1. The van der Waals surface area contributed by atoms with Crippen LogP contribution in [-0.2, 0) is 13.5 Å². The van der Waals surface area contributed by atoms with Crippen molar-refractivity contribution in [2.75, 3.05) is 23.7 Å². The molecule has 0 spiro atoms. The lowest BCUT2D eigenvalue weighted by Gasteiger charge is -2.33. The van der Waals surface area contributed by atoms with E-state index in [1.165, 1.54) is 11.3 Å². The highest BCUT2D eigenvalue weighted by molar-refractivity contribution is 7.15. The quantitative estimate of drug-likeness (QED) is 0.636. The molecule has 0 aliphatic carbocycles. The molecule has 0 amide bonds. The third-order valence-corrected chi connectivity index (χ3v) is 6.60. The molecule has 7 nitrogen and oxygen atoms in total. The summed E-state index contributed by atoms with van der Waals surface area (Å²) >= 11 is 1.47. The highest BCUT2D eigenvalue weighted by atomic mass is 32.1.